The summed E-state index contributed by atoms with van der Waals surface area (Å²) in [5, 5.41) is 2.96. The molecule has 0 heterocycles. The van der Waals surface area contributed by atoms with Crippen molar-refractivity contribution in [2.24, 2.45) is 5.73 Å². The highest BCUT2D eigenvalue weighted by molar-refractivity contribution is 9.10. The van der Waals surface area contributed by atoms with E-state index < -0.39 is 6.04 Å². The fourth-order valence-corrected chi connectivity index (χ4v) is 2.56. The highest BCUT2D eigenvalue weighted by atomic mass is 79.9. The molecule has 2 aromatic rings. The van der Waals surface area contributed by atoms with Gasteiger partial charge in [0.05, 0.1) is 12.1 Å². The van der Waals surface area contributed by atoms with Crippen molar-refractivity contribution < 1.29 is 4.79 Å². The molecule has 2 aromatic carbocycles. The van der Waals surface area contributed by atoms with Crippen LogP contribution < -0.4 is 11.1 Å². The van der Waals surface area contributed by atoms with Crippen LogP contribution in [0.3, 0.4) is 0 Å². The number of hydrogen-bond acceptors (Lipinski definition) is 2. The lowest BCUT2D eigenvalue weighted by Gasteiger charge is -2.18. The Bertz CT molecular complexity index is 601. The quantitative estimate of drug-likeness (QED) is 0.873. The zero-order valence-electron chi connectivity index (χ0n) is 11.9. The van der Waals surface area contributed by atoms with E-state index >= 15 is 0 Å². The second-order valence-corrected chi connectivity index (χ2v) is 6.00. The van der Waals surface area contributed by atoms with E-state index in [2.05, 4.69) is 21.2 Å². The molecule has 1 amide bonds. The van der Waals surface area contributed by atoms with Crippen LogP contribution in [0.4, 0.5) is 0 Å². The van der Waals surface area contributed by atoms with Gasteiger partial charge >= 0.3 is 0 Å². The fourth-order valence-electron chi connectivity index (χ4n) is 2.14. The van der Waals surface area contributed by atoms with E-state index in [1.807, 2.05) is 61.5 Å². The van der Waals surface area contributed by atoms with Gasteiger partial charge in [0.15, 0.2) is 0 Å². The van der Waals surface area contributed by atoms with E-state index in [9.17, 15) is 4.79 Å². The predicted molar refractivity (Wildman–Crippen MR) is 88.8 cm³/mol. The molecule has 3 N–H and O–H groups in total. The molecule has 110 valence electrons. The maximum Gasteiger partial charge on any atom is 0.237 e. The Morgan fingerprint density at radius 3 is 2.57 bits per heavy atom. The van der Waals surface area contributed by atoms with Crippen LogP contribution in [-0.4, -0.2) is 11.9 Å². The fraction of sp³-hybridized carbons (Fsp3) is 0.235. The molecule has 0 saturated carbocycles. The average Bonchev–Trinajstić information content (AvgIpc) is 2.48. The second kappa shape index (κ2) is 7.38. The molecule has 0 aliphatic carbocycles. The van der Waals surface area contributed by atoms with Crippen LogP contribution in [-0.2, 0) is 11.2 Å². The first-order chi connectivity index (χ1) is 10.1. The van der Waals surface area contributed by atoms with Crippen LogP contribution in [0.25, 0.3) is 0 Å². The minimum atomic E-state index is -0.540. The van der Waals surface area contributed by atoms with Gasteiger partial charge in [-0.2, -0.15) is 0 Å². The number of halogens is 1. The average molecular weight is 347 g/mol. The molecule has 2 atom stereocenters. The van der Waals surface area contributed by atoms with E-state index in [0.29, 0.717) is 6.42 Å². The monoisotopic (exact) mass is 346 g/mol. The Labute approximate surface area is 133 Å². The van der Waals surface area contributed by atoms with Crippen molar-refractivity contribution >= 4 is 21.8 Å². The van der Waals surface area contributed by atoms with E-state index in [0.717, 1.165) is 15.6 Å². The Morgan fingerprint density at radius 1 is 1.19 bits per heavy atom. The van der Waals surface area contributed by atoms with Crippen molar-refractivity contribution in [2.75, 3.05) is 0 Å². The van der Waals surface area contributed by atoms with E-state index in [-0.39, 0.29) is 11.9 Å². The minimum Gasteiger partial charge on any atom is -0.348 e. The number of hydrogen-bond donors (Lipinski definition) is 2. The number of carbonyl (C=O) groups excluding carboxylic acids is 1. The topological polar surface area (TPSA) is 55.1 Å². The molecule has 0 aromatic heterocycles. The van der Waals surface area contributed by atoms with Crippen molar-refractivity contribution in [3.8, 4) is 0 Å². The standard InChI is InChI=1S/C17H19BrN2O/c1-12(14-8-5-9-15(18)11-14)20-17(21)16(19)10-13-6-3-2-4-7-13/h2-9,11-12,16H,10,19H2,1H3,(H,20,21)/t12-,16+/m0/s1. The Kier molecular flexibility index (Phi) is 5.53. The summed E-state index contributed by atoms with van der Waals surface area (Å²) in [6, 6.07) is 17.1. The van der Waals surface area contributed by atoms with E-state index in [1.165, 1.54) is 0 Å². The maximum absolute atomic E-state index is 12.2. The third-order valence-corrected chi connectivity index (χ3v) is 3.84. The van der Waals surface area contributed by atoms with Crippen LogP contribution in [0.1, 0.15) is 24.1 Å². The summed E-state index contributed by atoms with van der Waals surface area (Å²) in [5.41, 5.74) is 8.10. The van der Waals surface area contributed by atoms with Crippen LogP contribution >= 0.6 is 15.9 Å². The second-order valence-electron chi connectivity index (χ2n) is 5.08. The zero-order chi connectivity index (χ0) is 15.2. The summed E-state index contributed by atoms with van der Waals surface area (Å²) in [7, 11) is 0. The summed E-state index contributed by atoms with van der Waals surface area (Å²) >= 11 is 3.43. The minimum absolute atomic E-state index is 0.0724. The van der Waals surface area contributed by atoms with Gasteiger partial charge in [0.1, 0.15) is 0 Å². The molecule has 0 aliphatic rings. The number of amides is 1. The summed E-state index contributed by atoms with van der Waals surface area (Å²) in [6.07, 6.45) is 0.540. The lowest BCUT2D eigenvalue weighted by atomic mass is 10.0. The van der Waals surface area contributed by atoms with Crippen LogP contribution in [0.15, 0.2) is 59.1 Å². The molecule has 0 unspecified atom stereocenters. The van der Waals surface area contributed by atoms with Crippen LogP contribution in [0, 0.1) is 0 Å². The molecule has 2 rings (SSSR count). The van der Waals surface area contributed by atoms with Gasteiger partial charge < -0.3 is 11.1 Å². The lowest BCUT2D eigenvalue weighted by Crippen LogP contribution is -2.42. The molecule has 0 spiro atoms. The molecular weight excluding hydrogens is 328 g/mol. The van der Waals surface area contributed by atoms with E-state index in [4.69, 9.17) is 5.73 Å². The molecular formula is C17H19BrN2O. The number of carbonyl (C=O) groups is 1. The Hall–Kier alpha value is -1.65. The normalized spacial score (nSPS) is 13.5. The van der Waals surface area contributed by atoms with Gasteiger partial charge in [-0.05, 0) is 36.6 Å². The number of rotatable bonds is 5. The van der Waals surface area contributed by atoms with Crippen molar-refractivity contribution in [1.29, 1.82) is 0 Å². The Balaban J connectivity index is 1.94. The smallest absolute Gasteiger partial charge is 0.237 e. The summed E-state index contributed by atoms with van der Waals surface area (Å²) in [6.45, 7) is 1.95. The predicted octanol–water partition coefficient (Wildman–Crippen LogP) is 3.20. The van der Waals surface area contributed by atoms with Crippen molar-refractivity contribution in [2.45, 2.75) is 25.4 Å². The van der Waals surface area contributed by atoms with Gasteiger partial charge in [-0.1, -0.05) is 58.4 Å². The highest BCUT2D eigenvalue weighted by Crippen LogP contribution is 2.18. The molecule has 0 bridgehead atoms. The summed E-state index contributed by atoms with van der Waals surface area (Å²) in [4.78, 5) is 12.2. The van der Waals surface area contributed by atoms with Gasteiger partial charge in [0, 0.05) is 4.47 Å². The molecule has 3 nitrogen and oxygen atoms in total. The zero-order valence-corrected chi connectivity index (χ0v) is 13.5. The summed E-state index contributed by atoms with van der Waals surface area (Å²) in [5.74, 6) is -0.133. The lowest BCUT2D eigenvalue weighted by molar-refractivity contribution is -0.123. The molecule has 0 aliphatic heterocycles. The maximum atomic E-state index is 12.2. The third kappa shape index (κ3) is 4.69. The van der Waals surface area contributed by atoms with Gasteiger partial charge in [0.25, 0.3) is 0 Å². The Morgan fingerprint density at radius 2 is 1.90 bits per heavy atom. The van der Waals surface area contributed by atoms with Crippen molar-refractivity contribution in [1.82, 2.24) is 5.32 Å². The van der Waals surface area contributed by atoms with Gasteiger partial charge in [0.2, 0.25) is 5.91 Å². The van der Waals surface area contributed by atoms with E-state index in [1.54, 1.807) is 0 Å². The highest BCUT2D eigenvalue weighted by Gasteiger charge is 2.17. The first-order valence-electron chi connectivity index (χ1n) is 6.91. The molecule has 0 fully saturated rings. The number of nitrogens with one attached hydrogen (secondary N) is 1. The summed E-state index contributed by atoms with van der Waals surface area (Å²) < 4.78 is 0.995. The largest absolute Gasteiger partial charge is 0.348 e. The molecule has 4 heteroatoms. The van der Waals surface area contributed by atoms with Crippen LogP contribution in [0.5, 0.6) is 0 Å². The van der Waals surface area contributed by atoms with Gasteiger partial charge in [-0.25, -0.2) is 0 Å². The van der Waals surface area contributed by atoms with Gasteiger partial charge in [-0.3, -0.25) is 4.79 Å². The number of nitrogens with two attached hydrogens (primary N) is 1. The SMILES string of the molecule is C[C@H](NC(=O)[C@H](N)Cc1ccccc1)c1cccc(Br)c1. The number of benzene rings is 2. The third-order valence-electron chi connectivity index (χ3n) is 3.34. The molecule has 0 radical (unpaired) electrons. The van der Waals surface area contributed by atoms with Gasteiger partial charge in [-0.15, -0.1) is 0 Å². The van der Waals surface area contributed by atoms with Crippen molar-refractivity contribution in [3.05, 3.63) is 70.2 Å². The first-order valence-corrected chi connectivity index (χ1v) is 7.71. The van der Waals surface area contributed by atoms with Crippen LogP contribution in [0.2, 0.25) is 0 Å². The molecule has 0 saturated heterocycles. The molecule has 21 heavy (non-hydrogen) atoms. The van der Waals surface area contributed by atoms with Crippen molar-refractivity contribution in [3.63, 3.8) is 0 Å². The first kappa shape index (κ1) is 15.7.